The van der Waals surface area contributed by atoms with Gasteiger partial charge < -0.3 is 10.2 Å². The third-order valence-corrected chi connectivity index (χ3v) is 8.97. The smallest absolute Gasteiger partial charge is 0.317 e. The van der Waals surface area contributed by atoms with Gasteiger partial charge in [0, 0.05) is 52.4 Å². The molecule has 0 atom stereocenters. The molecule has 1 N–H and O–H groups in total. The zero-order valence-electron chi connectivity index (χ0n) is 22.9. The molecule has 0 spiro atoms. The first-order valence-electron chi connectivity index (χ1n) is 13.9. The molecule has 7 nitrogen and oxygen atoms in total. The molecule has 0 radical (unpaired) electrons. The highest BCUT2D eigenvalue weighted by Gasteiger charge is 2.28. The van der Waals surface area contributed by atoms with E-state index in [9.17, 15) is 17.6 Å². The number of benzene rings is 2. The van der Waals surface area contributed by atoms with Crippen LogP contribution in [0.4, 0.5) is 9.18 Å². The average molecular weight is 547 g/mol. The lowest BCUT2D eigenvalue weighted by molar-refractivity contribution is 0.156. The van der Waals surface area contributed by atoms with Gasteiger partial charge in [-0.1, -0.05) is 68.9 Å². The number of halogens is 1. The van der Waals surface area contributed by atoms with Crippen molar-refractivity contribution in [2.24, 2.45) is 0 Å². The number of carbonyl (C=O) groups is 1. The Morgan fingerprint density at radius 1 is 0.921 bits per heavy atom. The summed E-state index contributed by atoms with van der Waals surface area (Å²) >= 11 is 0. The second kappa shape index (κ2) is 15.2. The number of hydrogen-bond donors (Lipinski definition) is 1. The number of carbonyl (C=O) groups excluding carboxylic acids is 1. The topological polar surface area (TPSA) is 73.0 Å². The summed E-state index contributed by atoms with van der Waals surface area (Å²) in [6.07, 6.45) is 6.96. The minimum absolute atomic E-state index is 0.122. The largest absolute Gasteiger partial charge is 0.338 e. The summed E-state index contributed by atoms with van der Waals surface area (Å²) in [6.45, 7) is 8.35. The maximum Gasteiger partial charge on any atom is 0.317 e. The molecule has 2 amide bonds. The van der Waals surface area contributed by atoms with Gasteiger partial charge in [-0.3, -0.25) is 4.90 Å². The van der Waals surface area contributed by atoms with Crippen molar-refractivity contribution in [3.63, 3.8) is 0 Å². The van der Waals surface area contributed by atoms with Crippen LogP contribution in [0, 0.1) is 12.7 Å². The minimum Gasteiger partial charge on any atom is -0.338 e. The molecule has 1 aliphatic heterocycles. The van der Waals surface area contributed by atoms with E-state index in [1.54, 1.807) is 29.2 Å². The summed E-state index contributed by atoms with van der Waals surface area (Å²) in [7, 11) is -3.51. The third-order valence-electron chi connectivity index (χ3n) is 7.06. The van der Waals surface area contributed by atoms with Gasteiger partial charge >= 0.3 is 6.03 Å². The van der Waals surface area contributed by atoms with Gasteiger partial charge in [-0.15, -0.1) is 0 Å². The Labute approximate surface area is 228 Å². The van der Waals surface area contributed by atoms with E-state index in [0.717, 1.165) is 24.0 Å². The Bertz CT molecular complexity index is 1090. The summed E-state index contributed by atoms with van der Waals surface area (Å²) in [6, 6.07) is 13.1. The molecular weight excluding hydrogens is 503 g/mol. The standard InChI is InChI=1S/C29H43FN4O3S/c1-3-4-5-6-7-8-17-31-29(35)33(24-26-11-13-27(30)14-12-26)21-18-32-19-22-34(23-20-32)38(36,37)28-15-9-25(2)10-16-28/h9-16H,3-8,17-24H2,1-2H3,(H,31,35). The van der Waals surface area contributed by atoms with Crippen molar-refractivity contribution in [3.8, 4) is 0 Å². The van der Waals surface area contributed by atoms with E-state index in [4.69, 9.17) is 0 Å². The third kappa shape index (κ3) is 9.36. The summed E-state index contributed by atoms with van der Waals surface area (Å²) in [4.78, 5) is 17.3. The lowest BCUT2D eigenvalue weighted by Crippen LogP contribution is -2.51. The molecule has 0 bridgehead atoms. The van der Waals surface area contributed by atoms with Gasteiger partial charge in [0.25, 0.3) is 0 Å². The van der Waals surface area contributed by atoms with Crippen molar-refractivity contribution < 1.29 is 17.6 Å². The van der Waals surface area contributed by atoms with E-state index in [0.29, 0.717) is 57.3 Å². The molecule has 2 aromatic rings. The van der Waals surface area contributed by atoms with Crippen LogP contribution < -0.4 is 5.32 Å². The van der Waals surface area contributed by atoms with Crippen LogP contribution in [0.5, 0.6) is 0 Å². The maximum absolute atomic E-state index is 13.4. The Morgan fingerprint density at radius 2 is 1.55 bits per heavy atom. The molecular formula is C29H43FN4O3S. The second-order valence-electron chi connectivity index (χ2n) is 10.1. The minimum atomic E-state index is -3.51. The maximum atomic E-state index is 13.4. The molecule has 0 aliphatic carbocycles. The van der Waals surface area contributed by atoms with Gasteiger partial charge in [0.05, 0.1) is 4.90 Å². The fourth-order valence-corrected chi connectivity index (χ4v) is 6.01. The molecule has 1 fully saturated rings. The van der Waals surface area contributed by atoms with Crippen molar-refractivity contribution >= 4 is 16.1 Å². The predicted molar refractivity (Wildman–Crippen MR) is 150 cm³/mol. The fourth-order valence-electron chi connectivity index (χ4n) is 4.59. The zero-order chi connectivity index (χ0) is 27.4. The van der Waals surface area contributed by atoms with E-state index in [1.165, 1.54) is 42.1 Å². The van der Waals surface area contributed by atoms with Crippen molar-refractivity contribution in [3.05, 3.63) is 65.5 Å². The van der Waals surface area contributed by atoms with E-state index in [1.807, 2.05) is 19.1 Å². The van der Waals surface area contributed by atoms with Crippen molar-refractivity contribution in [1.29, 1.82) is 0 Å². The zero-order valence-corrected chi connectivity index (χ0v) is 23.7. The molecule has 3 rings (SSSR count). The van der Waals surface area contributed by atoms with Crippen LogP contribution in [0.1, 0.15) is 56.6 Å². The lowest BCUT2D eigenvalue weighted by Gasteiger charge is -2.35. The van der Waals surface area contributed by atoms with Crippen LogP contribution in [0.25, 0.3) is 0 Å². The number of piperazine rings is 1. The number of nitrogens with one attached hydrogen (secondary N) is 1. The summed E-state index contributed by atoms with van der Waals surface area (Å²) < 4.78 is 40.9. The highest BCUT2D eigenvalue weighted by Crippen LogP contribution is 2.18. The van der Waals surface area contributed by atoms with Gasteiger partial charge in [0.2, 0.25) is 10.0 Å². The van der Waals surface area contributed by atoms with E-state index < -0.39 is 10.0 Å². The monoisotopic (exact) mass is 546 g/mol. The Hall–Kier alpha value is -2.49. The van der Waals surface area contributed by atoms with Gasteiger partial charge in [0.15, 0.2) is 0 Å². The quantitative estimate of drug-likeness (QED) is 0.338. The van der Waals surface area contributed by atoms with Crippen LogP contribution in [-0.2, 0) is 16.6 Å². The van der Waals surface area contributed by atoms with Crippen molar-refractivity contribution in [2.45, 2.75) is 63.8 Å². The summed E-state index contributed by atoms with van der Waals surface area (Å²) in [5.41, 5.74) is 1.89. The molecule has 9 heteroatoms. The fraction of sp³-hybridized carbons (Fsp3) is 0.552. The van der Waals surface area contributed by atoms with Crippen LogP contribution in [0.15, 0.2) is 53.4 Å². The molecule has 0 aromatic heterocycles. The predicted octanol–water partition coefficient (Wildman–Crippen LogP) is 5.01. The number of aryl methyl sites for hydroxylation is 1. The van der Waals surface area contributed by atoms with Crippen molar-refractivity contribution in [2.75, 3.05) is 45.8 Å². The lowest BCUT2D eigenvalue weighted by atomic mass is 10.1. The number of hydrogen-bond acceptors (Lipinski definition) is 4. The number of nitrogens with zero attached hydrogens (tertiary/aromatic N) is 3. The highest BCUT2D eigenvalue weighted by atomic mass is 32.2. The number of sulfonamides is 1. The van der Waals surface area contributed by atoms with E-state index >= 15 is 0 Å². The normalized spacial score (nSPS) is 14.9. The average Bonchev–Trinajstić information content (AvgIpc) is 2.92. The molecule has 1 aliphatic rings. The SMILES string of the molecule is CCCCCCCCNC(=O)N(CCN1CCN(S(=O)(=O)c2ccc(C)cc2)CC1)Cc1ccc(F)cc1. The number of rotatable bonds is 14. The molecule has 2 aromatic carbocycles. The number of urea groups is 1. The molecule has 38 heavy (non-hydrogen) atoms. The van der Waals surface area contributed by atoms with Crippen molar-refractivity contribution in [1.82, 2.24) is 19.4 Å². The van der Waals surface area contributed by atoms with Crippen LogP contribution in [0.3, 0.4) is 0 Å². The number of unbranched alkanes of at least 4 members (excludes halogenated alkanes) is 5. The van der Waals surface area contributed by atoms with Gasteiger partial charge in [-0.25, -0.2) is 17.6 Å². The highest BCUT2D eigenvalue weighted by molar-refractivity contribution is 7.89. The van der Waals surface area contributed by atoms with Crippen LogP contribution in [-0.4, -0.2) is 74.4 Å². The first-order valence-corrected chi connectivity index (χ1v) is 15.3. The molecule has 1 heterocycles. The molecule has 1 saturated heterocycles. The van der Waals surface area contributed by atoms with Gasteiger partial charge in [-0.2, -0.15) is 4.31 Å². The first-order chi connectivity index (χ1) is 18.3. The second-order valence-corrected chi connectivity index (χ2v) is 12.0. The van der Waals surface area contributed by atoms with Gasteiger partial charge in [0.1, 0.15) is 5.82 Å². The first kappa shape index (κ1) is 30.1. The number of amides is 2. The Balaban J connectivity index is 1.51. The van der Waals surface area contributed by atoms with Crippen LogP contribution >= 0.6 is 0 Å². The Morgan fingerprint density at radius 3 is 2.21 bits per heavy atom. The summed E-state index contributed by atoms with van der Waals surface area (Å²) in [5.74, 6) is -0.300. The summed E-state index contributed by atoms with van der Waals surface area (Å²) in [5, 5.41) is 3.05. The molecule has 0 saturated carbocycles. The van der Waals surface area contributed by atoms with E-state index in [-0.39, 0.29) is 11.8 Å². The van der Waals surface area contributed by atoms with Gasteiger partial charge in [-0.05, 0) is 43.2 Å². The molecule has 0 unspecified atom stereocenters. The van der Waals surface area contributed by atoms with E-state index in [2.05, 4.69) is 17.1 Å². The molecule has 210 valence electrons. The van der Waals surface area contributed by atoms with Crippen LogP contribution in [0.2, 0.25) is 0 Å². The Kier molecular flexibility index (Phi) is 12.0.